The van der Waals surface area contributed by atoms with Crippen LogP contribution in [0.5, 0.6) is 0 Å². The van der Waals surface area contributed by atoms with Gasteiger partial charge in [-0.2, -0.15) is 0 Å². The van der Waals surface area contributed by atoms with Crippen molar-refractivity contribution in [1.29, 1.82) is 0 Å². The zero-order chi connectivity index (χ0) is 17.3. The van der Waals surface area contributed by atoms with Crippen molar-refractivity contribution in [3.05, 3.63) is 68.7 Å². The summed E-state index contributed by atoms with van der Waals surface area (Å²) < 4.78 is 6.27. The van der Waals surface area contributed by atoms with Crippen LogP contribution in [0.25, 0.3) is 11.1 Å². The Hall–Kier alpha value is -3.42. The fraction of sp³-hybridized carbons (Fsp3) is 0.125. The molecular weight excluding hydrogens is 314 g/mol. The number of nitrogens with one attached hydrogen (secondary N) is 1. The first-order valence-electron chi connectivity index (χ1n) is 7.09. The molecule has 24 heavy (non-hydrogen) atoms. The Labute approximate surface area is 135 Å². The van der Waals surface area contributed by atoms with Gasteiger partial charge >= 0.3 is 5.76 Å². The Balaban J connectivity index is 1.86. The maximum atomic E-state index is 12.2. The van der Waals surface area contributed by atoms with Gasteiger partial charge < -0.3 is 9.73 Å². The number of nitrogens with zero attached hydrogens (tertiary/aromatic N) is 2. The minimum absolute atomic E-state index is 0.123. The van der Waals surface area contributed by atoms with E-state index < -0.39 is 16.6 Å². The molecule has 3 aromatic rings. The number of non-ortho nitro benzene ring substituents is 1. The molecule has 0 fully saturated rings. The molecule has 0 aliphatic rings. The number of benzene rings is 2. The molecule has 1 N–H and O–H groups in total. The number of aryl methyl sites for hydroxylation is 1. The van der Waals surface area contributed by atoms with Crippen LogP contribution in [0, 0.1) is 17.0 Å². The first kappa shape index (κ1) is 15.5. The predicted molar refractivity (Wildman–Crippen MR) is 86.9 cm³/mol. The number of fused-ring (bicyclic) bond motifs is 1. The zero-order valence-corrected chi connectivity index (χ0v) is 12.7. The van der Waals surface area contributed by atoms with Gasteiger partial charge in [-0.1, -0.05) is 18.2 Å². The molecule has 0 saturated heterocycles. The summed E-state index contributed by atoms with van der Waals surface area (Å²) in [4.78, 5) is 34.4. The van der Waals surface area contributed by atoms with Crippen LogP contribution in [-0.4, -0.2) is 15.4 Å². The lowest BCUT2D eigenvalue weighted by Gasteiger charge is -2.08. The van der Waals surface area contributed by atoms with E-state index in [0.717, 1.165) is 0 Å². The quantitative estimate of drug-likeness (QED) is 0.585. The van der Waals surface area contributed by atoms with Crippen LogP contribution in [0.15, 0.2) is 51.7 Å². The molecule has 0 atom stereocenters. The van der Waals surface area contributed by atoms with Crippen LogP contribution < -0.4 is 11.1 Å². The van der Waals surface area contributed by atoms with Gasteiger partial charge in [-0.15, -0.1) is 0 Å². The predicted octanol–water partition coefficient (Wildman–Crippen LogP) is 2.45. The number of oxazole rings is 1. The van der Waals surface area contributed by atoms with Crippen molar-refractivity contribution >= 4 is 28.4 Å². The van der Waals surface area contributed by atoms with Gasteiger partial charge in [0.2, 0.25) is 5.91 Å². The molecule has 0 bridgehead atoms. The molecule has 0 aliphatic carbocycles. The summed E-state index contributed by atoms with van der Waals surface area (Å²) in [6.45, 7) is 1.47. The molecular formula is C16H13N3O5. The van der Waals surface area contributed by atoms with Gasteiger partial charge in [0.05, 0.1) is 16.1 Å². The summed E-state index contributed by atoms with van der Waals surface area (Å²) in [7, 11) is 0. The van der Waals surface area contributed by atoms with Crippen molar-refractivity contribution in [2.24, 2.45) is 0 Å². The number of nitro benzene ring substituents is 1. The van der Waals surface area contributed by atoms with Crippen LogP contribution in [0.3, 0.4) is 0 Å². The van der Waals surface area contributed by atoms with Crippen LogP contribution in [0.2, 0.25) is 0 Å². The minimum Gasteiger partial charge on any atom is -0.408 e. The molecule has 0 aliphatic heterocycles. The Morgan fingerprint density at radius 1 is 1.29 bits per heavy atom. The van der Waals surface area contributed by atoms with Crippen molar-refractivity contribution in [1.82, 2.24) is 4.57 Å². The van der Waals surface area contributed by atoms with Gasteiger partial charge in [0, 0.05) is 12.1 Å². The normalized spacial score (nSPS) is 10.7. The number of anilines is 1. The molecule has 1 aromatic heterocycles. The molecule has 1 heterocycles. The second-order valence-electron chi connectivity index (χ2n) is 5.23. The molecule has 3 rings (SSSR count). The second kappa shape index (κ2) is 5.99. The second-order valence-corrected chi connectivity index (χ2v) is 5.23. The Morgan fingerprint density at radius 2 is 2.04 bits per heavy atom. The van der Waals surface area contributed by atoms with Crippen LogP contribution in [-0.2, 0) is 11.3 Å². The molecule has 8 nitrogen and oxygen atoms in total. The van der Waals surface area contributed by atoms with Crippen LogP contribution in [0.4, 0.5) is 11.4 Å². The maximum Gasteiger partial charge on any atom is 0.420 e. The topological polar surface area (TPSA) is 107 Å². The van der Waals surface area contributed by atoms with Gasteiger partial charge in [0.1, 0.15) is 6.54 Å². The van der Waals surface area contributed by atoms with Crippen molar-refractivity contribution < 1.29 is 14.1 Å². The van der Waals surface area contributed by atoms with E-state index in [9.17, 15) is 19.7 Å². The molecule has 2 aromatic carbocycles. The first-order valence-corrected chi connectivity index (χ1v) is 7.09. The highest BCUT2D eigenvalue weighted by Crippen LogP contribution is 2.22. The molecule has 0 saturated carbocycles. The van der Waals surface area contributed by atoms with Gasteiger partial charge in [0.25, 0.3) is 5.69 Å². The number of nitro groups is 1. The lowest BCUT2D eigenvalue weighted by Crippen LogP contribution is -2.25. The Kier molecular flexibility index (Phi) is 3.87. The van der Waals surface area contributed by atoms with E-state index in [1.165, 1.54) is 16.7 Å². The highest BCUT2D eigenvalue weighted by Gasteiger charge is 2.14. The van der Waals surface area contributed by atoms with E-state index in [-0.39, 0.29) is 12.2 Å². The SMILES string of the molecule is Cc1ccc([N+](=O)[O-])cc1NC(=O)Cn1c(=O)oc2ccccc21. The number of hydrogen-bond acceptors (Lipinski definition) is 5. The van der Waals surface area contributed by atoms with Crippen LogP contribution >= 0.6 is 0 Å². The van der Waals surface area contributed by atoms with Crippen LogP contribution in [0.1, 0.15) is 5.56 Å². The average Bonchev–Trinajstić information content (AvgIpc) is 2.85. The molecule has 0 spiro atoms. The summed E-state index contributed by atoms with van der Waals surface area (Å²) in [6.07, 6.45) is 0. The monoisotopic (exact) mass is 327 g/mol. The first-order chi connectivity index (χ1) is 11.5. The Morgan fingerprint density at radius 3 is 2.79 bits per heavy atom. The van der Waals surface area contributed by atoms with Crippen molar-refractivity contribution in [3.63, 3.8) is 0 Å². The van der Waals surface area contributed by atoms with E-state index in [1.54, 1.807) is 37.3 Å². The average molecular weight is 327 g/mol. The zero-order valence-electron chi connectivity index (χ0n) is 12.7. The number of carbonyl (C=O) groups is 1. The van der Waals surface area contributed by atoms with Gasteiger partial charge in [-0.3, -0.25) is 19.5 Å². The third-order valence-electron chi connectivity index (χ3n) is 3.58. The van der Waals surface area contributed by atoms with E-state index in [0.29, 0.717) is 22.4 Å². The van der Waals surface area contributed by atoms with E-state index >= 15 is 0 Å². The number of hydrogen-bond donors (Lipinski definition) is 1. The van der Waals surface area contributed by atoms with E-state index in [2.05, 4.69) is 5.32 Å². The number of para-hydroxylation sites is 2. The summed E-state index contributed by atoms with van der Waals surface area (Å²) in [6, 6.07) is 11.0. The molecule has 8 heteroatoms. The summed E-state index contributed by atoms with van der Waals surface area (Å²) in [5.74, 6) is -1.12. The van der Waals surface area contributed by atoms with E-state index in [1.807, 2.05) is 0 Å². The fourth-order valence-electron chi connectivity index (χ4n) is 2.36. The number of aromatic nitrogens is 1. The summed E-state index contributed by atoms with van der Waals surface area (Å²) >= 11 is 0. The largest absolute Gasteiger partial charge is 0.420 e. The number of carbonyl (C=O) groups excluding carboxylic acids is 1. The van der Waals surface area contributed by atoms with Crippen molar-refractivity contribution in [2.75, 3.05) is 5.32 Å². The third-order valence-corrected chi connectivity index (χ3v) is 3.58. The smallest absolute Gasteiger partial charge is 0.408 e. The standard InChI is InChI=1S/C16H13N3O5/c1-10-6-7-11(19(22)23)8-12(10)17-15(20)9-18-13-4-2-3-5-14(13)24-16(18)21/h2-8H,9H2,1H3,(H,17,20). The highest BCUT2D eigenvalue weighted by atomic mass is 16.6. The van der Waals surface area contributed by atoms with Crippen molar-refractivity contribution in [3.8, 4) is 0 Å². The summed E-state index contributed by atoms with van der Waals surface area (Å²) in [5.41, 5.74) is 1.78. The lowest BCUT2D eigenvalue weighted by molar-refractivity contribution is -0.384. The molecule has 122 valence electrons. The third kappa shape index (κ3) is 2.89. The Bertz CT molecular complexity index is 1000. The fourth-order valence-corrected chi connectivity index (χ4v) is 2.36. The molecule has 0 unspecified atom stereocenters. The van der Waals surface area contributed by atoms with Gasteiger partial charge in [-0.05, 0) is 24.6 Å². The van der Waals surface area contributed by atoms with Gasteiger partial charge in [-0.25, -0.2) is 4.79 Å². The minimum atomic E-state index is -0.637. The highest BCUT2D eigenvalue weighted by molar-refractivity contribution is 5.92. The molecule has 1 amide bonds. The van der Waals surface area contributed by atoms with Gasteiger partial charge in [0.15, 0.2) is 5.58 Å². The molecule has 0 radical (unpaired) electrons. The number of rotatable bonds is 4. The summed E-state index contributed by atoms with van der Waals surface area (Å²) in [5, 5.41) is 13.4. The number of amides is 1. The lowest BCUT2D eigenvalue weighted by atomic mass is 10.2. The van der Waals surface area contributed by atoms with Crippen molar-refractivity contribution in [2.45, 2.75) is 13.5 Å². The van der Waals surface area contributed by atoms with E-state index in [4.69, 9.17) is 4.42 Å². The maximum absolute atomic E-state index is 12.2.